The maximum absolute atomic E-state index is 10.6. The largest absolute Gasteiger partial charge is 0.779 e. The summed E-state index contributed by atoms with van der Waals surface area (Å²) in [6, 6.07) is 6.80. The number of amides is 1. The van der Waals surface area contributed by atoms with Crippen molar-refractivity contribution in [1.82, 2.24) is 0 Å². The molecule has 0 aromatic heterocycles. The topological polar surface area (TPSA) is 43.1 Å². The van der Waals surface area contributed by atoms with Gasteiger partial charge >= 0.3 is 0 Å². The second kappa shape index (κ2) is 2.66. The van der Waals surface area contributed by atoms with Crippen LogP contribution in [0.15, 0.2) is 29.2 Å². The number of rotatable bonds is 1. The number of hydrogen-bond acceptors (Lipinski definition) is 2. The molecule has 0 radical (unpaired) electrons. The van der Waals surface area contributed by atoms with Crippen molar-refractivity contribution in [3.05, 3.63) is 29.8 Å². The number of hydrogen-bond donors (Lipinski definition) is 1. The van der Waals surface area contributed by atoms with Crippen molar-refractivity contribution in [3.63, 3.8) is 0 Å². The summed E-state index contributed by atoms with van der Waals surface area (Å²) >= 11 is 4.83. The molecule has 0 unspecified atom stereocenters. The van der Waals surface area contributed by atoms with Crippen LogP contribution in [0.3, 0.4) is 0 Å². The van der Waals surface area contributed by atoms with Crippen LogP contribution in [0.2, 0.25) is 0 Å². The Hall–Kier alpha value is -1.09. The van der Waals surface area contributed by atoms with Gasteiger partial charge in [-0.1, -0.05) is 24.3 Å². The predicted octanol–water partition coefficient (Wildman–Crippen LogP) is 0.691. The molecule has 3 heteroatoms. The van der Waals surface area contributed by atoms with Gasteiger partial charge in [-0.05, 0) is 0 Å². The number of benzene rings is 1. The molecule has 0 saturated carbocycles. The van der Waals surface area contributed by atoms with Gasteiger partial charge < -0.3 is 18.4 Å². The van der Waals surface area contributed by atoms with E-state index in [4.69, 9.17) is 18.4 Å². The minimum absolute atomic E-state index is 0.414. The zero-order valence-corrected chi connectivity index (χ0v) is 6.02. The van der Waals surface area contributed by atoms with E-state index in [-0.39, 0.29) is 0 Å². The zero-order chi connectivity index (χ0) is 7.56. The van der Waals surface area contributed by atoms with E-state index in [0.717, 1.165) is 0 Å². The molecular weight excluding hydrogens is 146 g/mol. The van der Waals surface area contributed by atoms with Gasteiger partial charge in [-0.3, -0.25) is 4.79 Å². The molecule has 2 N–H and O–H groups in total. The lowest BCUT2D eigenvalue weighted by Gasteiger charge is -2.08. The first-order valence-corrected chi connectivity index (χ1v) is 3.18. The minimum Gasteiger partial charge on any atom is -0.779 e. The molecule has 1 amide bonds. The van der Waals surface area contributed by atoms with E-state index < -0.39 is 5.91 Å². The fraction of sp³-hybridized carbons (Fsp3) is 0. The van der Waals surface area contributed by atoms with E-state index in [9.17, 15) is 4.79 Å². The van der Waals surface area contributed by atoms with Gasteiger partial charge in [-0.25, -0.2) is 0 Å². The van der Waals surface area contributed by atoms with E-state index in [2.05, 4.69) is 0 Å². The van der Waals surface area contributed by atoms with Crippen molar-refractivity contribution >= 4 is 18.5 Å². The van der Waals surface area contributed by atoms with Gasteiger partial charge in [-0.15, -0.1) is 0 Å². The van der Waals surface area contributed by atoms with Gasteiger partial charge in [-0.2, -0.15) is 4.90 Å². The lowest BCUT2D eigenvalue weighted by molar-refractivity contribution is 0.0997. The summed E-state index contributed by atoms with van der Waals surface area (Å²) in [6.07, 6.45) is 0. The van der Waals surface area contributed by atoms with Crippen molar-refractivity contribution in [1.29, 1.82) is 0 Å². The maximum Gasteiger partial charge on any atom is 0.247 e. The van der Waals surface area contributed by atoms with Crippen LogP contribution in [0.5, 0.6) is 0 Å². The minimum atomic E-state index is -0.467. The van der Waals surface area contributed by atoms with Crippen LogP contribution >= 0.6 is 0 Å². The van der Waals surface area contributed by atoms with E-state index in [1.165, 1.54) is 0 Å². The molecule has 0 atom stereocenters. The molecule has 2 nitrogen and oxygen atoms in total. The number of nitrogens with two attached hydrogens (primary N) is 1. The summed E-state index contributed by atoms with van der Waals surface area (Å²) in [5.41, 5.74) is 5.42. The molecule has 0 aliphatic rings. The second-order valence-electron chi connectivity index (χ2n) is 1.86. The van der Waals surface area contributed by atoms with Gasteiger partial charge in [0.15, 0.2) is 0 Å². The third-order valence-corrected chi connectivity index (χ3v) is 1.51. The van der Waals surface area contributed by atoms with Gasteiger partial charge in [0.2, 0.25) is 5.91 Å². The normalized spacial score (nSPS) is 9.20. The fourth-order valence-corrected chi connectivity index (χ4v) is 0.917. The molecule has 1 aromatic rings. The van der Waals surface area contributed by atoms with Crippen molar-refractivity contribution in [2.45, 2.75) is 4.90 Å². The first-order valence-electron chi connectivity index (χ1n) is 2.77. The summed E-state index contributed by atoms with van der Waals surface area (Å²) in [4.78, 5) is 11.1. The quantitative estimate of drug-likeness (QED) is 0.602. The average Bonchev–Trinajstić information content (AvgIpc) is 1.88. The lowest BCUT2D eigenvalue weighted by atomic mass is 10.2. The lowest BCUT2D eigenvalue weighted by Crippen LogP contribution is -2.11. The van der Waals surface area contributed by atoms with Crippen molar-refractivity contribution in [2.24, 2.45) is 5.73 Å². The van der Waals surface area contributed by atoms with Gasteiger partial charge in [0, 0.05) is 5.56 Å². The second-order valence-corrected chi connectivity index (χ2v) is 2.30. The summed E-state index contributed by atoms with van der Waals surface area (Å²) < 4.78 is 0. The summed E-state index contributed by atoms with van der Waals surface area (Å²) in [7, 11) is 0. The number of carbonyl (C=O) groups excluding carboxylic acids is 1. The highest BCUT2D eigenvalue weighted by Crippen LogP contribution is 2.05. The third-order valence-electron chi connectivity index (χ3n) is 1.15. The SMILES string of the molecule is NC(=O)c1ccccc1[S-]. The van der Waals surface area contributed by atoms with Gasteiger partial charge in [0.05, 0.1) is 0 Å². The van der Waals surface area contributed by atoms with Crippen LogP contribution in [-0.2, 0) is 12.6 Å². The average molecular weight is 152 g/mol. The van der Waals surface area contributed by atoms with E-state index in [1.807, 2.05) is 0 Å². The molecule has 0 bridgehead atoms. The maximum atomic E-state index is 10.6. The molecule has 10 heavy (non-hydrogen) atoms. The molecule has 0 heterocycles. The monoisotopic (exact) mass is 152 g/mol. The highest BCUT2D eigenvalue weighted by molar-refractivity contribution is 7.58. The Morgan fingerprint density at radius 2 is 2.00 bits per heavy atom. The third kappa shape index (κ3) is 1.25. The van der Waals surface area contributed by atoms with E-state index in [1.54, 1.807) is 24.3 Å². The molecule has 1 aromatic carbocycles. The Balaban J connectivity index is 3.15. The van der Waals surface area contributed by atoms with Crippen LogP contribution in [0.1, 0.15) is 10.4 Å². The molecule has 0 aliphatic heterocycles. The fourth-order valence-electron chi connectivity index (χ4n) is 0.670. The molecule has 0 saturated heterocycles. The van der Waals surface area contributed by atoms with Crippen LogP contribution in [0, 0.1) is 0 Å². The summed E-state index contributed by atoms with van der Waals surface area (Å²) in [5, 5.41) is 0. The summed E-state index contributed by atoms with van der Waals surface area (Å²) in [6.45, 7) is 0. The Bertz CT molecular complexity index is 260. The van der Waals surface area contributed by atoms with E-state index in [0.29, 0.717) is 10.5 Å². The van der Waals surface area contributed by atoms with Gasteiger partial charge in [0.25, 0.3) is 0 Å². The molecule has 1 rings (SSSR count). The Morgan fingerprint density at radius 3 is 2.40 bits per heavy atom. The Kier molecular flexibility index (Phi) is 1.87. The molecule has 0 spiro atoms. The smallest absolute Gasteiger partial charge is 0.247 e. The molecular formula is C7H6NOS-. The van der Waals surface area contributed by atoms with Crippen molar-refractivity contribution < 1.29 is 4.79 Å². The number of carbonyl (C=O) groups is 1. The number of primary amides is 1. The van der Waals surface area contributed by atoms with Crippen molar-refractivity contribution in [3.8, 4) is 0 Å². The molecule has 0 aliphatic carbocycles. The summed E-state index contributed by atoms with van der Waals surface area (Å²) in [5.74, 6) is -0.467. The first kappa shape index (κ1) is 7.02. The Morgan fingerprint density at radius 1 is 1.40 bits per heavy atom. The van der Waals surface area contributed by atoms with Crippen molar-refractivity contribution in [2.75, 3.05) is 0 Å². The standard InChI is InChI=1S/C7H7NOS/c8-7(9)5-3-1-2-4-6(5)10/h1-4,10H,(H2,8,9)/p-1. The zero-order valence-electron chi connectivity index (χ0n) is 5.20. The van der Waals surface area contributed by atoms with Crippen LogP contribution in [0.25, 0.3) is 0 Å². The van der Waals surface area contributed by atoms with Gasteiger partial charge in [0.1, 0.15) is 0 Å². The molecule has 0 fully saturated rings. The molecule has 52 valence electrons. The van der Waals surface area contributed by atoms with Crippen LogP contribution < -0.4 is 5.73 Å². The van der Waals surface area contributed by atoms with E-state index >= 15 is 0 Å². The predicted molar refractivity (Wildman–Crippen MR) is 40.6 cm³/mol. The highest BCUT2D eigenvalue weighted by atomic mass is 32.1. The first-order chi connectivity index (χ1) is 4.72. The van der Waals surface area contributed by atoms with Crippen LogP contribution in [-0.4, -0.2) is 5.91 Å². The Labute approximate surface area is 64.5 Å². The highest BCUT2D eigenvalue weighted by Gasteiger charge is 1.95. The van der Waals surface area contributed by atoms with Crippen LogP contribution in [0.4, 0.5) is 0 Å².